The van der Waals surface area contributed by atoms with E-state index < -0.39 is 0 Å². The molecule has 0 heterocycles. The maximum absolute atomic E-state index is 4.72. The molecule has 1 saturated carbocycles. The van der Waals surface area contributed by atoms with Crippen LogP contribution in [0.3, 0.4) is 0 Å². The maximum atomic E-state index is 4.72. The number of hydrogen-bond acceptors (Lipinski definition) is 1. The molecule has 0 spiro atoms. The summed E-state index contributed by atoms with van der Waals surface area (Å²) in [5.41, 5.74) is 1.47. The van der Waals surface area contributed by atoms with Gasteiger partial charge in [0.1, 0.15) is 0 Å². The van der Waals surface area contributed by atoms with Crippen molar-refractivity contribution in [3.05, 3.63) is 35.9 Å². The Bertz CT molecular complexity index is 419. The third kappa shape index (κ3) is 6.24. The molecule has 2 N–H and O–H groups in total. The Morgan fingerprint density at radius 2 is 1.95 bits per heavy atom. The average molecular weight is 401 g/mol. The van der Waals surface area contributed by atoms with Crippen LogP contribution in [0.4, 0.5) is 0 Å². The first-order chi connectivity index (χ1) is 9.85. The summed E-state index contributed by atoms with van der Waals surface area (Å²) in [5.74, 6) is 2.41. The molecule has 2 atom stereocenters. The van der Waals surface area contributed by atoms with Crippen LogP contribution in [0, 0.1) is 5.92 Å². The van der Waals surface area contributed by atoms with Gasteiger partial charge in [0.05, 0.1) is 0 Å². The molecule has 1 aliphatic carbocycles. The van der Waals surface area contributed by atoms with Crippen LogP contribution in [0.25, 0.3) is 0 Å². The van der Waals surface area contributed by atoms with Crippen molar-refractivity contribution in [3.63, 3.8) is 0 Å². The van der Waals surface area contributed by atoms with Gasteiger partial charge in [0.25, 0.3) is 0 Å². The molecule has 2 rings (SSSR count). The molecule has 1 fully saturated rings. The molecule has 4 heteroatoms. The van der Waals surface area contributed by atoms with E-state index in [-0.39, 0.29) is 24.0 Å². The van der Waals surface area contributed by atoms with Gasteiger partial charge in [-0.3, -0.25) is 4.99 Å². The Kier molecular flexibility index (Phi) is 8.73. The van der Waals surface area contributed by atoms with Crippen molar-refractivity contribution in [2.45, 2.75) is 39.0 Å². The molecule has 118 valence electrons. The van der Waals surface area contributed by atoms with Gasteiger partial charge in [0, 0.05) is 19.6 Å². The lowest BCUT2D eigenvalue weighted by Gasteiger charge is -2.10. The van der Waals surface area contributed by atoms with Gasteiger partial charge >= 0.3 is 0 Å². The molecule has 0 bridgehead atoms. The van der Waals surface area contributed by atoms with Gasteiger partial charge in [-0.1, -0.05) is 43.7 Å². The van der Waals surface area contributed by atoms with Gasteiger partial charge in [-0.25, -0.2) is 0 Å². The molecule has 0 aliphatic heterocycles. The Balaban J connectivity index is 0.00000220. The van der Waals surface area contributed by atoms with Crippen LogP contribution < -0.4 is 10.6 Å². The van der Waals surface area contributed by atoms with E-state index in [0.717, 1.165) is 37.4 Å². The molecule has 1 aliphatic rings. The number of benzene rings is 1. The summed E-state index contributed by atoms with van der Waals surface area (Å²) in [6.07, 6.45) is 3.69. The molecule has 0 radical (unpaired) electrons. The van der Waals surface area contributed by atoms with Crippen molar-refractivity contribution in [2.24, 2.45) is 10.9 Å². The molecular weight excluding hydrogens is 373 g/mol. The van der Waals surface area contributed by atoms with Crippen molar-refractivity contribution in [3.8, 4) is 0 Å². The summed E-state index contributed by atoms with van der Waals surface area (Å²) in [7, 11) is 0. The first-order valence-corrected chi connectivity index (χ1v) is 7.92. The van der Waals surface area contributed by atoms with Gasteiger partial charge in [0.2, 0.25) is 0 Å². The second-order valence-corrected chi connectivity index (χ2v) is 5.51. The normalized spacial score (nSPS) is 20.6. The number of hydrogen-bond donors (Lipinski definition) is 2. The fourth-order valence-corrected chi connectivity index (χ4v) is 2.49. The molecule has 1 aromatic rings. The van der Waals surface area contributed by atoms with Crippen molar-refractivity contribution in [1.82, 2.24) is 10.6 Å². The summed E-state index contributed by atoms with van der Waals surface area (Å²) in [4.78, 5) is 4.72. The molecule has 21 heavy (non-hydrogen) atoms. The standard InChI is InChI=1S/C17H27N3.HI/c1-3-5-11-19-17(18-4-2)20-13-15-12-16(15)14-9-7-6-8-10-14;/h6-10,15-16H,3-5,11-13H2,1-2H3,(H2,18,19,20);1H. The van der Waals surface area contributed by atoms with Crippen LogP contribution in [-0.4, -0.2) is 25.6 Å². The third-order valence-electron chi connectivity index (χ3n) is 3.80. The molecule has 2 unspecified atom stereocenters. The maximum Gasteiger partial charge on any atom is 0.191 e. The quantitative estimate of drug-likeness (QED) is 0.316. The highest BCUT2D eigenvalue weighted by molar-refractivity contribution is 14.0. The number of guanidine groups is 1. The monoisotopic (exact) mass is 401 g/mol. The smallest absolute Gasteiger partial charge is 0.191 e. The van der Waals surface area contributed by atoms with Crippen molar-refractivity contribution in [1.29, 1.82) is 0 Å². The lowest BCUT2D eigenvalue weighted by atomic mass is 10.1. The topological polar surface area (TPSA) is 36.4 Å². The third-order valence-corrected chi connectivity index (χ3v) is 3.80. The fourth-order valence-electron chi connectivity index (χ4n) is 2.49. The first-order valence-electron chi connectivity index (χ1n) is 7.92. The van der Waals surface area contributed by atoms with Crippen LogP contribution in [0.2, 0.25) is 0 Å². The Morgan fingerprint density at radius 1 is 1.19 bits per heavy atom. The van der Waals surface area contributed by atoms with Crippen LogP contribution in [0.5, 0.6) is 0 Å². The van der Waals surface area contributed by atoms with Gasteiger partial charge in [-0.15, -0.1) is 24.0 Å². The number of rotatable bonds is 7. The van der Waals surface area contributed by atoms with E-state index in [9.17, 15) is 0 Å². The highest BCUT2D eigenvalue weighted by Crippen LogP contribution is 2.47. The van der Waals surface area contributed by atoms with Gasteiger partial charge in [-0.2, -0.15) is 0 Å². The molecule has 0 aromatic heterocycles. The molecule has 0 amide bonds. The first kappa shape index (κ1) is 18.3. The SMILES string of the molecule is CCCCNC(=NCC1CC1c1ccccc1)NCC.I. The summed E-state index contributed by atoms with van der Waals surface area (Å²) < 4.78 is 0. The summed E-state index contributed by atoms with van der Waals surface area (Å²) in [6, 6.07) is 10.8. The van der Waals surface area contributed by atoms with E-state index in [1.165, 1.54) is 24.8 Å². The molecule has 3 nitrogen and oxygen atoms in total. The fraction of sp³-hybridized carbons (Fsp3) is 0.588. The zero-order valence-corrected chi connectivity index (χ0v) is 15.5. The zero-order chi connectivity index (χ0) is 14.2. The van der Waals surface area contributed by atoms with E-state index in [1.807, 2.05) is 0 Å². The number of nitrogens with one attached hydrogen (secondary N) is 2. The van der Waals surface area contributed by atoms with E-state index >= 15 is 0 Å². The highest BCUT2D eigenvalue weighted by Gasteiger charge is 2.37. The number of halogens is 1. The van der Waals surface area contributed by atoms with Crippen LogP contribution in [0.1, 0.15) is 44.6 Å². The highest BCUT2D eigenvalue weighted by atomic mass is 127. The van der Waals surface area contributed by atoms with E-state index in [2.05, 4.69) is 54.8 Å². The minimum atomic E-state index is 0. The van der Waals surface area contributed by atoms with Gasteiger partial charge in [-0.05, 0) is 37.2 Å². The van der Waals surface area contributed by atoms with E-state index in [4.69, 9.17) is 4.99 Å². The molecule has 1 aromatic carbocycles. The Morgan fingerprint density at radius 3 is 2.62 bits per heavy atom. The summed E-state index contributed by atoms with van der Waals surface area (Å²) >= 11 is 0. The average Bonchev–Trinajstić information content (AvgIpc) is 3.25. The second kappa shape index (κ2) is 10.0. The van der Waals surface area contributed by atoms with Crippen molar-refractivity contribution < 1.29 is 0 Å². The lowest BCUT2D eigenvalue weighted by molar-refractivity contribution is 0.721. The number of unbranched alkanes of at least 4 members (excludes halogenated alkanes) is 1. The Labute approximate surface area is 146 Å². The van der Waals surface area contributed by atoms with Crippen molar-refractivity contribution >= 4 is 29.9 Å². The lowest BCUT2D eigenvalue weighted by Crippen LogP contribution is -2.37. The number of aliphatic imine (C=N–C) groups is 1. The predicted molar refractivity (Wildman–Crippen MR) is 102 cm³/mol. The largest absolute Gasteiger partial charge is 0.357 e. The summed E-state index contributed by atoms with van der Waals surface area (Å²) in [5, 5.41) is 6.72. The van der Waals surface area contributed by atoms with Gasteiger partial charge < -0.3 is 10.6 Å². The Hall–Kier alpha value is -0.780. The minimum Gasteiger partial charge on any atom is -0.357 e. The van der Waals surface area contributed by atoms with Gasteiger partial charge in [0.15, 0.2) is 5.96 Å². The van der Waals surface area contributed by atoms with E-state index in [0.29, 0.717) is 0 Å². The van der Waals surface area contributed by atoms with Crippen LogP contribution >= 0.6 is 24.0 Å². The molecule has 0 saturated heterocycles. The van der Waals surface area contributed by atoms with Crippen LogP contribution in [0.15, 0.2) is 35.3 Å². The molecular formula is C17H28IN3. The minimum absolute atomic E-state index is 0. The second-order valence-electron chi connectivity index (χ2n) is 5.51. The summed E-state index contributed by atoms with van der Waals surface area (Å²) in [6.45, 7) is 7.18. The van der Waals surface area contributed by atoms with E-state index in [1.54, 1.807) is 0 Å². The van der Waals surface area contributed by atoms with Crippen LogP contribution in [-0.2, 0) is 0 Å². The zero-order valence-electron chi connectivity index (χ0n) is 13.1. The van der Waals surface area contributed by atoms with Crippen molar-refractivity contribution in [2.75, 3.05) is 19.6 Å². The predicted octanol–water partition coefficient (Wildman–Crippen LogP) is 3.76. The number of nitrogens with zero attached hydrogens (tertiary/aromatic N) is 1.